The van der Waals surface area contributed by atoms with Crippen LogP contribution in [0.25, 0.3) is 11.2 Å². The summed E-state index contributed by atoms with van der Waals surface area (Å²) in [5.74, 6) is 1.61. The van der Waals surface area contributed by atoms with E-state index >= 15 is 0 Å². The zero-order chi connectivity index (χ0) is 15.6. The summed E-state index contributed by atoms with van der Waals surface area (Å²) in [6, 6.07) is 4.06. The Labute approximate surface area is 132 Å². The van der Waals surface area contributed by atoms with Gasteiger partial charge in [0, 0.05) is 31.1 Å². The van der Waals surface area contributed by atoms with Gasteiger partial charge in [0.05, 0.1) is 0 Å². The van der Waals surface area contributed by atoms with E-state index in [0.29, 0.717) is 5.88 Å². The van der Waals surface area contributed by atoms with E-state index in [1.807, 2.05) is 19.1 Å². The fraction of sp³-hybridized carbons (Fsp3) is 0.625. The number of aromatic nitrogens is 3. The van der Waals surface area contributed by atoms with Crippen molar-refractivity contribution >= 4 is 22.8 Å². The smallest absolute Gasteiger partial charge is 0.160 e. The molecule has 0 bridgehead atoms. The Morgan fingerprint density at radius 2 is 1.95 bits per heavy atom. The summed E-state index contributed by atoms with van der Waals surface area (Å²) in [5, 5.41) is 0. The minimum absolute atomic E-state index is 0.142. The molecule has 2 aromatic rings. The van der Waals surface area contributed by atoms with E-state index in [4.69, 9.17) is 16.6 Å². The molecule has 0 saturated heterocycles. The number of aryl methyl sites for hydroxylation is 2. The molecule has 0 aliphatic carbocycles. The second-order valence-corrected chi connectivity index (χ2v) is 7.13. The third-order valence-corrected chi connectivity index (χ3v) is 3.65. The summed E-state index contributed by atoms with van der Waals surface area (Å²) in [6.07, 6.45) is 0.773. The van der Waals surface area contributed by atoms with Gasteiger partial charge in [-0.3, -0.25) is 0 Å². The molecule has 116 valence electrons. The van der Waals surface area contributed by atoms with Crippen LogP contribution in [-0.4, -0.2) is 46.0 Å². The number of hydrogen-bond acceptors (Lipinski definition) is 3. The molecule has 0 amide bonds. The highest BCUT2D eigenvalue weighted by Gasteiger charge is 2.23. The summed E-state index contributed by atoms with van der Waals surface area (Å²) in [7, 11) is 4.21. The maximum atomic E-state index is 5.94. The normalized spacial score (nSPS) is 12.5. The van der Waals surface area contributed by atoms with Gasteiger partial charge in [0.1, 0.15) is 11.3 Å². The largest absolute Gasteiger partial charge is 0.312 e. The molecule has 2 heterocycles. The van der Waals surface area contributed by atoms with Crippen molar-refractivity contribution in [3.05, 3.63) is 23.7 Å². The number of pyridine rings is 1. The Bertz CT molecular complexity index is 616. The molecule has 2 rings (SSSR count). The molecule has 0 unspecified atom stereocenters. The van der Waals surface area contributed by atoms with Gasteiger partial charge in [0.15, 0.2) is 5.65 Å². The van der Waals surface area contributed by atoms with Gasteiger partial charge in [-0.2, -0.15) is 0 Å². The van der Waals surface area contributed by atoms with Crippen molar-refractivity contribution < 1.29 is 0 Å². The average Bonchev–Trinajstić information content (AvgIpc) is 2.66. The monoisotopic (exact) mass is 308 g/mol. The first-order valence-corrected chi connectivity index (χ1v) is 7.89. The van der Waals surface area contributed by atoms with Crippen LogP contribution in [-0.2, 0) is 13.0 Å². The molecule has 5 heteroatoms. The first-order chi connectivity index (χ1) is 9.82. The van der Waals surface area contributed by atoms with Crippen molar-refractivity contribution in [1.82, 2.24) is 19.4 Å². The van der Waals surface area contributed by atoms with Crippen LogP contribution in [0.4, 0.5) is 0 Å². The molecule has 0 spiro atoms. The van der Waals surface area contributed by atoms with Crippen LogP contribution in [0.5, 0.6) is 0 Å². The third-order valence-electron chi connectivity index (χ3n) is 3.46. The van der Waals surface area contributed by atoms with Crippen LogP contribution in [0.15, 0.2) is 12.1 Å². The highest BCUT2D eigenvalue weighted by molar-refractivity contribution is 6.17. The van der Waals surface area contributed by atoms with Crippen molar-refractivity contribution in [1.29, 1.82) is 0 Å². The summed E-state index contributed by atoms with van der Waals surface area (Å²) in [5.41, 5.74) is 3.10. The van der Waals surface area contributed by atoms with Gasteiger partial charge in [0.25, 0.3) is 0 Å². The van der Waals surface area contributed by atoms with Crippen LogP contribution in [0.2, 0.25) is 0 Å². The lowest BCUT2D eigenvalue weighted by molar-refractivity contribution is 0.211. The van der Waals surface area contributed by atoms with Crippen molar-refractivity contribution in [3.63, 3.8) is 0 Å². The number of halogens is 1. The molecule has 4 nitrogen and oxygen atoms in total. The third kappa shape index (κ3) is 3.95. The van der Waals surface area contributed by atoms with Crippen LogP contribution < -0.4 is 0 Å². The SMILES string of the molecule is Cc1ccc2nc(CCCl)n(CC(C)(C)CN(C)C)c2n1. The lowest BCUT2D eigenvalue weighted by Crippen LogP contribution is -2.33. The number of nitrogens with zero attached hydrogens (tertiary/aromatic N) is 4. The van der Waals surface area contributed by atoms with Crippen LogP contribution in [0, 0.1) is 12.3 Å². The minimum atomic E-state index is 0.142. The highest BCUT2D eigenvalue weighted by Crippen LogP contribution is 2.24. The number of imidazole rings is 1. The molecule has 0 N–H and O–H groups in total. The molecule has 21 heavy (non-hydrogen) atoms. The second-order valence-electron chi connectivity index (χ2n) is 6.75. The Kier molecular flexibility index (Phi) is 4.89. The van der Waals surface area contributed by atoms with Crippen molar-refractivity contribution in [3.8, 4) is 0 Å². The first-order valence-electron chi connectivity index (χ1n) is 7.36. The van der Waals surface area contributed by atoms with E-state index < -0.39 is 0 Å². The molecule has 0 aliphatic heterocycles. The molecular formula is C16H25ClN4. The summed E-state index contributed by atoms with van der Waals surface area (Å²) >= 11 is 5.94. The average molecular weight is 309 g/mol. The van der Waals surface area contributed by atoms with Gasteiger partial charge in [-0.15, -0.1) is 11.6 Å². The Balaban J connectivity index is 2.44. The molecule has 2 aromatic heterocycles. The van der Waals surface area contributed by atoms with Gasteiger partial charge in [0.2, 0.25) is 0 Å². The van der Waals surface area contributed by atoms with Crippen molar-refractivity contribution in [2.45, 2.75) is 33.7 Å². The van der Waals surface area contributed by atoms with Gasteiger partial charge < -0.3 is 9.47 Å². The fourth-order valence-electron chi connectivity index (χ4n) is 2.92. The van der Waals surface area contributed by atoms with Gasteiger partial charge in [-0.25, -0.2) is 9.97 Å². The standard InChI is InChI=1S/C16H25ClN4/c1-12-6-7-13-15(18-12)21(14(19-13)8-9-17)11-16(2,3)10-20(4)5/h6-7H,8-11H2,1-5H3. The molecule has 0 saturated carbocycles. The van der Waals surface area contributed by atoms with E-state index in [-0.39, 0.29) is 5.41 Å². The van der Waals surface area contributed by atoms with E-state index in [1.54, 1.807) is 0 Å². The zero-order valence-corrected chi connectivity index (χ0v) is 14.4. The molecule has 0 radical (unpaired) electrons. The molecule has 0 atom stereocenters. The lowest BCUT2D eigenvalue weighted by Gasteiger charge is -2.29. The van der Waals surface area contributed by atoms with Gasteiger partial charge in [-0.1, -0.05) is 13.8 Å². The summed E-state index contributed by atoms with van der Waals surface area (Å²) in [6.45, 7) is 8.48. The second kappa shape index (κ2) is 6.32. The van der Waals surface area contributed by atoms with Crippen LogP contribution in [0.1, 0.15) is 25.4 Å². The fourth-order valence-corrected chi connectivity index (χ4v) is 3.09. The zero-order valence-electron chi connectivity index (χ0n) is 13.6. The number of rotatable bonds is 6. The quantitative estimate of drug-likeness (QED) is 0.769. The van der Waals surface area contributed by atoms with E-state index in [9.17, 15) is 0 Å². The summed E-state index contributed by atoms with van der Waals surface area (Å²) in [4.78, 5) is 11.6. The highest BCUT2D eigenvalue weighted by atomic mass is 35.5. The van der Waals surface area contributed by atoms with Gasteiger partial charge in [-0.05, 0) is 38.6 Å². The molecule has 0 fully saturated rings. The Morgan fingerprint density at radius 3 is 2.57 bits per heavy atom. The molecule has 0 aliphatic rings. The lowest BCUT2D eigenvalue weighted by atomic mass is 9.92. The van der Waals surface area contributed by atoms with Gasteiger partial charge >= 0.3 is 0 Å². The Morgan fingerprint density at radius 1 is 1.24 bits per heavy atom. The number of fused-ring (bicyclic) bond motifs is 1. The topological polar surface area (TPSA) is 34.0 Å². The number of alkyl halides is 1. The Hall–Kier alpha value is -1.13. The van der Waals surface area contributed by atoms with Crippen LogP contribution >= 0.6 is 11.6 Å². The van der Waals surface area contributed by atoms with Crippen molar-refractivity contribution in [2.75, 3.05) is 26.5 Å². The molecular weight excluding hydrogens is 284 g/mol. The van der Waals surface area contributed by atoms with E-state index in [2.05, 4.69) is 42.4 Å². The van der Waals surface area contributed by atoms with E-state index in [1.165, 1.54) is 0 Å². The maximum Gasteiger partial charge on any atom is 0.160 e. The van der Waals surface area contributed by atoms with E-state index in [0.717, 1.165) is 42.2 Å². The predicted molar refractivity (Wildman–Crippen MR) is 89.0 cm³/mol. The maximum absolute atomic E-state index is 5.94. The minimum Gasteiger partial charge on any atom is -0.312 e. The van der Waals surface area contributed by atoms with Crippen molar-refractivity contribution in [2.24, 2.45) is 5.41 Å². The summed E-state index contributed by atoms with van der Waals surface area (Å²) < 4.78 is 2.24. The first kappa shape index (κ1) is 16.2. The predicted octanol–water partition coefficient (Wildman–Crippen LogP) is 3.11. The number of hydrogen-bond donors (Lipinski definition) is 0. The molecule has 0 aromatic carbocycles. The van der Waals surface area contributed by atoms with Crippen LogP contribution in [0.3, 0.4) is 0 Å².